The SMILES string of the molecule is O=C(NC1CC(C(=O)O)C1)c1csc(-c2cccs2)n1. The van der Waals surface area contributed by atoms with E-state index in [1.807, 2.05) is 17.5 Å². The number of amides is 1. The molecular weight excluding hydrogens is 296 g/mol. The summed E-state index contributed by atoms with van der Waals surface area (Å²) in [6.45, 7) is 0. The van der Waals surface area contributed by atoms with Gasteiger partial charge in [-0.05, 0) is 24.3 Å². The van der Waals surface area contributed by atoms with Gasteiger partial charge in [-0.15, -0.1) is 22.7 Å². The summed E-state index contributed by atoms with van der Waals surface area (Å²) >= 11 is 3.02. The zero-order valence-electron chi connectivity index (χ0n) is 10.4. The monoisotopic (exact) mass is 308 g/mol. The maximum atomic E-state index is 12.0. The van der Waals surface area contributed by atoms with Crippen LogP contribution in [0.3, 0.4) is 0 Å². The minimum absolute atomic E-state index is 0.0458. The molecule has 104 valence electrons. The minimum atomic E-state index is -0.788. The summed E-state index contributed by atoms with van der Waals surface area (Å²) in [6, 6.07) is 3.87. The maximum absolute atomic E-state index is 12.0. The van der Waals surface area contributed by atoms with Gasteiger partial charge in [0.15, 0.2) is 0 Å². The lowest BCUT2D eigenvalue weighted by Gasteiger charge is -2.32. The molecule has 0 unspecified atom stereocenters. The first-order chi connectivity index (χ1) is 9.63. The van der Waals surface area contributed by atoms with Crippen LogP contribution in [0.1, 0.15) is 23.3 Å². The lowest BCUT2D eigenvalue weighted by molar-refractivity contribution is -0.145. The summed E-state index contributed by atoms with van der Waals surface area (Å²) in [4.78, 5) is 28.1. The highest BCUT2D eigenvalue weighted by atomic mass is 32.1. The average molecular weight is 308 g/mol. The zero-order chi connectivity index (χ0) is 14.1. The number of hydrogen-bond donors (Lipinski definition) is 2. The number of carboxylic acid groups (broad SMARTS) is 1. The van der Waals surface area contributed by atoms with E-state index in [-0.39, 0.29) is 17.9 Å². The van der Waals surface area contributed by atoms with Gasteiger partial charge in [0.1, 0.15) is 10.7 Å². The molecule has 3 rings (SSSR count). The Morgan fingerprint density at radius 3 is 2.80 bits per heavy atom. The van der Waals surface area contributed by atoms with E-state index in [1.54, 1.807) is 16.7 Å². The average Bonchev–Trinajstić information content (AvgIpc) is 3.01. The van der Waals surface area contributed by atoms with Crippen molar-refractivity contribution in [3.63, 3.8) is 0 Å². The Labute approximate surface area is 123 Å². The molecule has 1 aliphatic rings. The predicted octanol–water partition coefficient (Wildman–Crippen LogP) is 2.46. The smallest absolute Gasteiger partial charge is 0.306 e. The molecule has 1 amide bonds. The molecule has 5 nitrogen and oxygen atoms in total. The number of carboxylic acids is 1. The van der Waals surface area contributed by atoms with E-state index < -0.39 is 5.97 Å². The van der Waals surface area contributed by atoms with Gasteiger partial charge >= 0.3 is 5.97 Å². The first-order valence-corrected chi connectivity index (χ1v) is 7.92. The molecule has 2 aromatic rings. The van der Waals surface area contributed by atoms with Crippen LogP contribution in [0, 0.1) is 5.92 Å². The summed E-state index contributed by atoms with van der Waals surface area (Å²) in [5, 5.41) is 16.1. The molecule has 1 aliphatic carbocycles. The zero-order valence-corrected chi connectivity index (χ0v) is 12.0. The Bertz CT molecular complexity index is 630. The van der Waals surface area contributed by atoms with E-state index in [0.717, 1.165) is 9.88 Å². The summed E-state index contributed by atoms with van der Waals surface area (Å²) in [6.07, 6.45) is 1.01. The fraction of sp³-hybridized carbons (Fsp3) is 0.308. The third-order valence-electron chi connectivity index (χ3n) is 3.29. The molecule has 1 fully saturated rings. The Kier molecular flexibility index (Phi) is 3.54. The van der Waals surface area contributed by atoms with Gasteiger partial charge in [-0.25, -0.2) is 4.98 Å². The molecule has 1 saturated carbocycles. The molecule has 0 saturated heterocycles. The molecule has 0 aliphatic heterocycles. The third-order valence-corrected chi connectivity index (χ3v) is 5.17. The van der Waals surface area contributed by atoms with Crippen LogP contribution < -0.4 is 5.32 Å². The third kappa shape index (κ3) is 2.59. The van der Waals surface area contributed by atoms with Crippen molar-refractivity contribution in [1.82, 2.24) is 10.3 Å². The van der Waals surface area contributed by atoms with Crippen LogP contribution in [-0.2, 0) is 4.79 Å². The molecule has 2 heterocycles. The van der Waals surface area contributed by atoms with Gasteiger partial charge in [0.05, 0.1) is 10.8 Å². The van der Waals surface area contributed by atoms with Crippen molar-refractivity contribution in [1.29, 1.82) is 0 Å². The van der Waals surface area contributed by atoms with E-state index in [9.17, 15) is 9.59 Å². The van der Waals surface area contributed by atoms with Crippen molar-refractivity contribution < 1.29 is 14.7 Å². The highest BCUT2D eigenvalue weighted by molar-refractivity contribution is 7.20. The predicted molar refractivity (Wildman–Crippen MR) is 77.0 cm³/mol. The summed E-state index contributed by atoms with van der Waals surface area (Å²) < 4.78 is 0. The van der Waals surface area contributed by atoms with Crippen molar-refractivity contribution in [2.75, 3.05) is 0 Å². The largest absolute Gasteiger partial charge is 0.481 e. The Balaban J connectivity index is 1.60. The molecule has 2 N–H and O–H groups in total. The van der Waals surface area contributed by atoms with Crippen LogP contribution >= 0.6 is 22.7 Å². The number of aromatic nitrogens is 1. The number of carbonyl (C=O) groups excluding carboxylic acids is 1. The molecule has 0 bridgehead atoms. The molecule has 0 atom stereocenters. The van der Waals surface area contributed by atoms with Crippen LogP contribution in [0.4, 0.5) is 0 Å². The van der Waals surface area contributed by atoms with Gasteiger partial charge in [-0.2, -0.15) is 0 Å². The van der Waals surface area contributed by atoms with Crippen LogP contribution in [0.5, 0.6) is 0 Å². The van der Waals surface area contributed by atoms with Gasteiger partial charge < -0.3 is 10.4 Å². The number of nitrogens with zero attached hydrogens (tertiary/aromatic N) is 1. The molecule has 0 radical (unpaired) electrons. The molecule has 0 spiro atoms. The Hall–Kier alpha value is -1.73. The van der Waals surface area contributed by atoms with E-state index >= 15 is 0 Å². The quantitative estimate of drug-likeness (QED) is 0.909. The lowest BCUT2D eigenvalue weighted by Crippen LogP contribution is -2.46. The normalized spacial score (nSPS) is 21.2. The Morgan fingerprint density at radius 2 is 2.15 bits per heavy atom. The fourth-order valence-electron chi connectivity index (χ4n) is 2.09. The van der Waals surface area contributed by atoms with Gasteiger partial charge in [0.25, 0.3) is 5.91 Å². The maximum Gasteiger partial charge on any atom is 0.306 e. The van der Waals surface area contributed by atoms with Crippen molar-refractivity contribution in [3.05, 3.63) is 28.6 Å². The van der Waals surface area contributed by atoms with Crippen LogP contribution in [0.2, 0.25) is 0 Å². The van der Waals surface area contributed by atoms with Gasteiger partial charge in [0.2, 0.25) is 0 Å². The first kappa shape index (κ1) is 13.3. The van der Waals surface area contributed by atoms with E-state index in [4.69, 9.17) is 5.11 Å². The fourth-order valence-corrected chi connectivity index (χ4v) is 3.70. The second-order valence-corrected chi connectivity index (χ2v) is 6.50. The second kappa shape index (κ2) is 5.34. The van der Waals surface area contributed by atoms with Gasteiger partial charge in [-0.3, -0.25) is 9.59 Å². The Morgan fingerprint density at radius 1 is 1.35 bits per heavy atom. The van der Waals surface area contributed by atoms with Crippen LogP contribution in [-0.4, -0.2) is 28.0 Å². The second-order valence-electron chi connectivity index (χ2n) is 4.69. The topological polar surface area (TPSA) is 79.3 Å². The van der Waals surface area contributed by atoms with Crippen molar-refractivity contribution in [3.8, 4) is 9.88 Å². The van der Waals surface area contributed by atoms with Crippen LogP contribution in [0.25, 0.3) is 9.88 Å². The van der Waals surface area contributed by atoms with Crippen LogP contribution in [0.15, 0.2) is 22.9 Å². The minimum Gasteiger partial charge on any atom is -0.481 e. The lowest BCUT2D eigenvalue weighted by atomic mass is 9.80. The number of rotatable bonds is 4. The van der Waals surface area contributed by atoms with E-state index in [1.165, 1.54) is 11.3 Å². The van der Waals surface area contributed by atoms with Gasteiger partial charge in [-0.1, -0.05) is 6.07 Å². The van der Waals surface area contributed by atoms with Crippen molar-refractivity contribution in [2.45, 2.75) is 18.9 Å². The van der Waals surface area contributed by atoms with Crippen molar-refractivity contribution in [2.24, 2.45) is 5.92 Å². The first-order valence-electron chi connectivity index (χ1n) is 6.16. The standard InChI is InChI=1S/C13H12N2O3S2/c16-11(14-8-4-7(5-8)13(17)18)9-6-20-12(15-9)10-2-1-3-19-10/h1-3,6-8H,4-5H2,(H,14,16)(H,17,18). The number of nitrogens with one attached hydrogen (secondary N) is 1. The number of hydrogen-bond acceptors (Lipinski definition) is 5. The molecule has 0 aromatic carbocycles. The summed E-state index contributed by atoms with van der Waals surface area (Å²) in [5.41, 5.74) is 0.400. The molecule has 20 heavy (non-hydrogen) atoms. The highest BCUT2D eigenvalue weighted by Gasteiger charge is 2.35. The number of aliphatic carboxylic acids is 1. The summed E-state index contributed by atoms with van der Waals surface area (Å²) in [7, 11) is 0. The number of thiazole rings is 1. The van der Waals surface area contributed by atoms with Gasteiger partial charge in [0, 0.05) is 11.4 Å². The highest BCUT2D eigenvalue weighted by Crippen LogP contribution is 2.29. The summed E-state index contributed by atoms with van der Waals surface area (Å²) in [5.74, 6) is -1.33. The van der Waals surface area contributed by atoms with E-state index in [2.05, 4.69) is 10.3 Å². The molecular formula is C13H12N2O3S2. The number of carbonyl (C=O) groups is 2. The van der Waals surface area contributed by atoms with E-state index in [0.29, 0.717) is 18.5 Å². The van der Waals surface area contributed by atoms with Crippen molar-refractivity contribution >= 4 is 34.6 Å². The molecule has 7 heteroatoms. The number of thiophene rings is 1. The molecule has 2 aromatic heterocycles.